The SMILES string of the molecule is C=Cc1ccc(CNC(=S)S)cc1.[CaH2]. The second-order valence-corrected chi connectivity index (χ2v) is 3.76. The average molecular weight is 251 g/mol. The van der Waals surface area contributed by atoms with E-state index in [2.05, 4.69) is 24.5 Å². The van der Waals surface area contributed by atoms with E-state index in [0.29, 0.717) is 4.32 Å². The van der Waals surface area contributed by atoms with Gasteiger partial charge >= 0.3 is 37.7 Å². The molecule has 0 saturated heterocycles. The summed E-state index contributed by atoms with van der Waals surface area (Å²) in [6.07, 6.45) is 1.82. The maximum atomic E-state index is 4.78. The number of hydrogen-bond acceptors (Lipinski definition) is 1. The standard InChI is InChI=1S/C10H11NS2.Ca.2H/c1-2-8-3-5-9(6-4-8)7-11-10(12)13;;;/h2-6H,1,7H2,(H2,11,12,13);;;. The topological polar surface area (TPSA) is 12.0 Å². The molecule has 14 heavy (non-hydrogen) atoms. The molecule has 1 aromatic carbocycles. The van der Waals surface area contributed by atoms with Crippen molar-refractivity contribution < 1.29 is 0 Å². The van der Waals surface area contributed by atoms with E-state index in [0.717, 1.165) is 12.1 Å². The van der Waals surface area contributed by atoms with Crippen LogP contribution in [0.15, 0.2) is 30.8 Å². The van der Waals surface area contributed by atoms with Crippen LogP contribution >= 0.6 is 24.8 Å². The van der Waals surface area contributed by atoms with Crippen LogP contribution in [-0.2, 0) is 6.54 Å². The molecule has 72 valence electrons. The Kier molecular flexibility index (Phi) is 7.97. The fraction of sp³-hybridized carbons (Fsp3) is 0.100. The Morgan fingerprint density at radius 1 is 1.43 bits per heavy atom. The molecule has 0 aromatic heterocycles. The van der Waals surface area contributed by atoms with Crippen LogP contribution < -0.4 is 5.32 Å². The summed E-state index contributed by atoms with van der Waals surface area (Å²) in [5, 5.41) is 2.97. The van der Waals surface area contributed by atoms with E-state index in [4.69, 9.17) is 12.2 Å². The van der Waals surface area contributed by atoms with E-state index in [9.17, 15) is 0 Å². The molecule has 0 unspecified atom stereocenters. The number of hydrogen-bond donors (Lipinski definition) is 2. The Morgan fingerprint density at radius 3 is 2.43 bits per heavy atom. The van der Waals surface area contributed by atoms with Gasteiger partial charge < -0.3 is 5.32 Å². The van der Waals surface area contributed by atoms with Crippen LogP contribution in [0.3, 0.4) is 0 Å². The second-order valence-electron chi connectivity index (χ2n) is 2.60. The Bertz CT molecular complexity index is 308. The van der Waals surface area contributed by atoms with Gasteiger partial charge in [0.1, 0.15) is 4.32 Å². The summed E-state index contributed by atoms with van der Waals surface area (Å²) in [5.41, 5.74) is 2.30. The summed E-state index contributed by atoms with van der Waals surface area (Å²) in [6.45, 7) is 4.41. The fourth-order valence-electron chi connectivity index (χ4n) is 0.949. The molecule has 0 spiro atoms. The van der Waals surface area contributed by atoms with Gasteiger partial charge in [0.05, 0.1) is 0 Å². The van der Waals surface area contributed by atoms with Gasteiger partial charge in [-0.15, -0.1) is 12.6 Å². The third kappa shape index (κ3) is 5.37. The van der Waals surface area contributed by atoms with Crippen LogP contribution in [0, 0.1) is 0 Å². The molecule has 1 aromatic rings. The summed E-state index contributed by atoms with van der Waals surface area (Å²) in [4.78, 5) is 0. The molecule has 0 bridgehead atoms. The number of thiocarbonyl (C=S) groups is 1. The molecule has 0 fully saturated rings. The van der Waals surface area contributed by atoms with Gasteiger partial charge in [-0.1, -0.05) is 49.1 Å². The first-order valence-corrected chi connectivity index (χ1v) is 4.76. The Hall–Kier alpha value is 0.460. The summed E-state index contributed by atoms with van der Waals surface area (Å²) in [6, 6.07) is 8.11. The monoisotopic (exact) mass is 251 g/mol. The van der Waals surface area contributed by atoms with Gasteiger partial charge in [-0.2, -0.15) is 0 Å². The molecule has 0 atom stereocenters. The van der Waals surface area contributed by atoms with Crippen molar-refractivity contribution in [3.05, 3.63) is 42.0 Å². The van der Waals surface area contributed by atoms with Crippen molar-refractivity contribution in [2.24, 2.45) is 0 Å². The third-order valence-electron chi connectivity index (χ3n) is 1.66. The average Bonchev–Trinajstić information content (AvgIpc) is 2.15. The molecule has 0 saturated carbocycles. The predicted molar refractivity (Wildman–Crippen MR) is 73.5 cm³/mol. The Balaban J connectivity index is 0.00000169. The molecule has 0 aliphatic carbocycles. The van der Waals surface area contributed by atoms with Gasteiger partial charge in [0.25, 0.3) is 0 Å². The number of thiol groups is 1. The molecule has 0 aliphatic rings. The van der Waals surface area contributed by atoms with Gasteiger partial charge in [0, 0.05) is 6.54 Å². The number of nitrogens with one attached hydrogen (secondary N) is 1. The zero-order chi connectivity index (χ0) is 9.68. The van der Waals surface area contributed by atoms with Gasteiger partial charge in [-0.05, 0) is 11.1 Å². The van der Waals surface area contributed by atoms with Crippen LogP contribution in [0.5, 0.6) is 0 Å². The second kappa shape index (κ2) is 7.71. The van der Waals surface area contributed by atoms with Crippen LogP contribution in [0.25, 0.3) is 6.08 Å². The molecular weight excluding hydrogens is 238 g/mol. The summed E-state index contributed by atoms with van der Waals surface area (Å²) in [7, 11) is 0. The van der Waals surface area contributed by atoms with E-state index in [1.807, 2.05) is 30.3 Å². The molecule has 1 nitrogen and oxygen atoms in total. The first-order valence-electron chi connectivity index (χ1n) is 3.90. The van der Waals surface area contributed by atoms with E-state index >= 15 is 0 Å². The van der Waals surface area contributed by atoms with Gasteiger partial charge in [-0.25, -0.2) is 0 Å². The molecule has 1 rings (SSSR count). The number of rotatable bonds is 3. The molecule has 0 heterocycles. The zero-order valence-electron chi connectivity index (χ0n) is 7.16. The zero-order valence-corrected chi connectivity index (χ0v) is 8.87. The first-order chi connectivity index (χ1) is 6.22. The Labute approximate surface area is 125 Å². The van der Waals surface area contributed by atoms with Crippen molar-refractivity contribution in [2.75, 3.05) is 0 Å². The molecule has 0 amide bonds. The fourth-order valence-corrected chi connectivity index (χ4v) is 1.10. The summed E-state index contributed by atoms with van der Waals surface area (Å²) >= 11 is 8.75. The molecule has 0 aliphatic heterocycles. The van der Waals surface area contributed by atoms with Crippen molar-refractivity contribution >= 4 is 73.0 Å². The van der Waals surface area contributed by atoms with Crippen molar-refractivity contribution in [3.8, 4) is 0 Å². The minimum absolute atomic E-state index is 0. The minimum atomic E-state index is 0. The van der Waals surface area contributed by atoms with E-state index in [1.165, 1.54) is 5.56 Å². The van der Waals surface area contributed by atoms with Gasteiger partial charge in [0.2, 0.25) is 0 Å². The third-order valence-corrected chi connectivity index (χ3v) is 1.96. The van der Waals surface area contributed by atoms with Crippen LogP contribution in [0.4, 0.5) is 0 Å². The molecular formula is C10H13CaNS2. The van der Waals surface area contributed by atoms with E-state index in [-0.39, 0.29) is 37.7 Å². The van der Waals surface area contributed by atoms with E-state index in [1.54, 1.807) is 0 Å². The summed E-state index contributed by atoms with van der Waals surface area (Å²) in [5.74, 6) is 0. The van der Waals surface area contributed by atoms with Crippen LogP contribution in [-0.4, -0.2) is 42.1 Å². The van der Waals surface area contributed by atoms with Crippen molar-refractivity contribution in [3.63, 3.8) is 0 Å². The molecule has 1 N–H and O–H groups in total. The van der Waals surface area contributed by atoms with Crippen LogP contribution in [0.1, 0.15) is 11.1 Å². The Morgan fingerprint density at radius 2 is 2.00 bits per heavy atom. The van der Waals surface area contributed by atoms with E-state index < -0.39 is 0 Å². The molecule has 4 heteroatoms. The van der Waals surface area contributed by atoms with Crippen molar-refractivity contribution in [2.45, 2.75) is 6.54 Å². The predicted octanol–water partition coefficient (Wildman–Crippen LogP) is 1.72. The number of benzene rings is 1. The first kappa shape index (κ1) is 14.5. The van der Waals surface area contributed by atoms with Crippen molar-refractivity contribution in [1.82, 2.24) is 5.32 Å². The quantitative estimate of drug-likeness (QED) is 0.482. The van der Waals surface area contributed by atoms with Crippen LogP contribution in [0.2, 0.25) is 0 Å². The van der Waals surface area contributed by atoms with Gasteiger partial charge in [-0.3, -0.25) is 0 Å². The van der Waals surface area contributed by atoms with Gasteiger partial charge in [0.15, 0.2) is 0 Å². The molecule has 0 radical (unpaired) electrons. The maximum absolute atomic E-state index is 4.78. The normalized spacial score (nSPS) is 8.64. The van der Waals surface area contributed by atoms with Crippen molar-refractivity contribution in [1.29, 1.82) is 0 Å². The summed E-state index contributed by atoms with van der Waals surface area (Å²) < 4.78 is 0.521.